The van der Waals surface area contributed by atoms with Crippen LogP contribution in [-0.4, -0.2) is 10.9 Å². The van der Waals surface area contributed by atoms with Crippen LogP contribution in [0.15, 0.2) is 41.4 Å². The van der Waals surface area contributed by atoms with Gasteiger partial charge in [-0.3, -0.25) is 4.79 Å². The number of halogens is 5. The lowest BCUT2D eigenvalue weighted by Gasteiger charge is -2.06. The first-order chi connectivity index (χ1) is 10.3. The summed E-state index contributed by atoms with van der Waals surface area (Å²) >= 11 is 29.3. The summed E-state index contributed by atoms with van der Waals surface area (Å²) < 4.78 is 0. The van der Waals surface area contributed by atoms with Gasteiger partial charge in [0, 0.05) is 11.1 Å². The lowest BCUT2D eigenvalue weighted by atomic mass is 10.1. The normalized spacial score (nSPS) is 12.0. The minimum Gasteiger partial charge on any atom is -0.506 e. The Balaban J connectivity index is 2.42. The number of ketones is 1. The van der Waals surface area contributed by atoms with Crippen molar-refractivity contribution in [1.29, 1.82) is 0 Å². The number of aliphatic hydroxyl groups excluding tert-OH is 1. The van der Waals surface area contributed by atoms with E-state index in [0.717, 1.165) is 0 Å². The summed E-state index contributed by atoms with van der Waals surface area (Å²) in [6.07, 6.45) is 0. The van der Waals surface area contributed by atoms with E-state index in [4.69, 9.17) is 58.0 Å². The number of carbonyl (C=O) groups is 1. The molecular formula is C15H7Cl5O2. The number of rotatable bonds is 3. The molecule has 22 heavy (non-hydrogen) atoms. The molecule has 2 nitrogen and oxygen atoms in total. The molecule has 2 rings (SSSR count). The minimum absolute atomic E-state index is 0.200. The van der Waals surface area contributed by atoms with Gasteiger partial charge in [0.25, 0.3) is 0 Å². The predicted octanol–water partition coefficient (Wildman–Crippen LogP) is 6.65. The van der Waals surface area contributed by atoms with Gasteiger partial charge in [0.15, 0.2) is 0 Å². The summed E-state index contributed by atoms with van der Waals surface area (Å²) in [5, 5.41) is 10.8. The van der Waals surface area contributed by atoms with E-state index in [-0.39, 0.29) is 26.2 Å². The highest BCUT2D eigenvalue weighted by atomic mass is 35.5. The molecule has 0 aromatic heterocycles. The van der Waals surface area contributed by atoms with E-state index in [1.165, 1.54) is 36.4 Å². The van der Waals surface area contributed by atoms with Crippen LogP contribution in [0, 0.1) is 0 Å². The topological polar surface area (TPSA) is 37.3 Å². The molecule has 0 spiro atoms. The van der Waals surface area contributed by atoms with Gasteiger partial charge in [-0.2, -0.15) is 0 Å². The Morgan fingerprint density at radius 3 is 1.73 bits per heavy atom. The summed E-state index contributed by atoms with van der Waals surface area (Å²) in [7, 11) is 0. The van der Waals surface area contributed by atoms with Crippen molar-refractivity contribution in [3.63, 3.8) is 0 Å². The number of hydrogen-bond donors (Lipinski definition) is 1. The molecule has 0 amide bonds. The Bertz CT molecular complexity index is 783. The number of Topliss-reactive ketones (excluding diaryl/α,β-unsaturated/α-hetero) is 1. The maximum absolute atomic E-state index is 12.3. The van der Waals surface area contributed by atoms with Crippen LogP contribution >= 0.6 is 58.0 Å². The summed E-state index contributed by atoms with van der Waals surface area (Å²) in [6.45, 7) is 0. The van der Waals surface area contributed by atoms with Gasteiger partial charge >= 0.3 is 0 Å². The first-order valence-electron chi connectivity index (χ1n) is 5.85. The van der Waals surface area contributed by atoms with E-state index in [0.29, 0.717) is 10.0 Å². The van der Waals surface area contributed by atoms with Crippen molar-refractivity contribution in [2.45, 2.75) is 0 Å². The van der Waals surface area contributed by atoms with Gasteiger partial charge in [0.1, 0.15) is 10.8 Å². The van der Waals surface area contributed by atoms with Crippen LogP contribution < -0.4 is 0 Å². The quantitative estimate of drug-likeness (QED) is 0.358. The molecule has 0 saturated carbocycles. The minimum atomic E-state index is -0.594. The number of carbonyl (C=O) groups excluding carboxylic acids is 1. The molecule has 0 aliphatic rings. The number of benzene rings is 2. The fraction of sp³-hybridized carbons (Fsp3) is 0. The molecule has 0 radical (unpaired) electrons. The Kier molecular flexibility index (Phi) is 5.65. The first kappa shape index (κ1) is 17.5. The Labute approximate surface area is 151 Å². The van der Waals surface area contributed by atoms with Crippen molar-refractivity contribution >= 4 is 69.5 Å². The molecular weight excluding hydrogens is 389 g/mol. The SMILES string of the molecule is O=C(C(Cl)=C(O)c1ccc(Cl)c(Cl)c1)c1ccc(Cl)c(Cl)c1. The molecule has 0 atom stereocenters. The smallest absolute Gasteiger partial charge is 0.208 e. The van der Waals surface area contributed by atoms with Crippen LogP contribution in [0.1, 0.15) is 15.9 Å². The van der Waals surface area contributed by atoms with Gasteiger partial charge in [0.05, 0.1) is 20.1 Å². The van der Waals surface area contributed by atoms with Crippen LogP contribution in [-0.2, 0) is 0 Å². The lowest BCUT2D eigenvalue weighted by molar-refractivity contribution is 0.104. The lowest BCUT2D eigenvalue weighted by Crippen LogP contribution is -2.02. The van der Waals surface area contributed by atoms with Gasteiger partial charge in [-0.25, -0.2) is 0 Å². The van der Waals surface area contributed by atoms with Gasteiger partial charge in [0.2, 0.25) is 5.78 Å². The average Bonchev–Trinajstić information content (AvgIpc) is 2.50. The molecule has 0 saturated heterocycles. The van der Waals surface area contributed by atoms with Gasteiger partial charge in [-0.15, -0.1) is 0 Å². The predicted molar refractivity (Wildman–Crippen MR) is 92.7 cm³/mol. The summed E-state index contributed by atoms with van der Waals surface area (Å²) in [5.74, 6) is -1.000. The molecule has 0 unspecified atom stereocenters. The standard InChI is InChI=1S/C15H7Cl5O2/c16-9-3-1-7(5-11(9)18)14(21)13(20)15(22)8-2-4-10(17)12(19)6-8/h1-6,21H. The molecule has 0 heterocycles. The fourth-order valence-electron chi connectivity index (χ4n) is 1.64. The maximum atomic E-state index is 12.3. The molecule has 0 aliphatic carbocycles. The molecule has 0 bridgehead atoms. The Hall–Kier alpha value is -0.900. The number of aliphatic hydroxyl groups is 1. The second-order valence-electron chi connectivity index (χ2n) is 4.25. The monoisotopic (exact) mass is 394 g/mol. The zero-order valence-corrected chi connectivity index (χ0v) is 14.5. The molecule has 2 aromatic carbocycles. The largest absolute Gasteiger partial charge is 0.506 e. The maximum Gasteiger partial charge on any atom is 0.208 e. The Morgan fingerprint density at radius 1 is 0.773 bits per heavy atom. The number of allylic oxidation sites excluding steroid dienone is 1. The Morgan fingerprint density at radius 2 is 1.23 bits per heavy atom. The van der Waals surface area contributed by atoms with Crippen LogP contribution in [0.2, 0.25) is 20.1 Å². The van der Waals surface area contributed by atoms with Crippen molar-refractivity contribution in [2.75, 3.05) is 0 Å². The summed E-state index contributed by atoms with van der Waals surface area (Å²) in [4.78, 5) is 12.3. The van der Waals surface area contributed by atoms with Crippen molar-refractivity contribution in [3.05, 3.63) is 72.6 Å². The highest BCUT2D eigenvalue weighted by Gasteiger charge is 2.18. The van der Waals surface area contributed by atoms with Crippen LogP contribution in [0.5, 0.6) is 0 Å². The van der Waals surface area contributed by atoms with E-state index < -0.39 is 11.5 Å². The molecule has 1 N–H and O–H groups in total. The second-order valence-corrected chi connectivity index (χ2v) is 6.26. The molecule has 114 valence electrons. The third-order valence-corrected chi connectivity index (χ3v) is 4.61. The van der Waals surface area contributed by atoms with E-state index in [2.05, 4.69) is 0 Å². The molecule has 7 heteroatoms. The van der Waals surface area contributed by atoms with Crippen LogP contribution in [0.25, 0.3) is 5.76 Å². The van der Waals surface area contributed by atoms with E-state index in [1.54, 1.807) is 0 Å². The third-order valence-electron chi connectivity index (χ3n) is 2.78. The third kappa shape index (κ3) is 3.70. The van der Waals surface area contributed by atoms with Crippen LogP contribution in [0.4, 0.5) is 0 Å². The number of hydrogen-bond acceptors (Lipinski definition) is 2. The van der Waals surface area contributed by atoms with E-state index in [9.17, 15) is 9.90 Å². The van der Waals surface area contributed by atoms with E-state index >= 15 is 0 Å². The summed E-state index contributed by atoms with van der Waals surface area (Å²) in [6, 6.07) is 8.69. The highest BCUT2D eigenvalue weighted by Crippen LogP contribution is 2.30. The van der Waals surface area contributed by atoms with Crippen molar-refractivity contribution in [3.8, 4) is 0 Å². The van der Waals surface area contributed by atoms with Crippen molar-refractivity contribution in [2.24, 2.45) is 0 Å². The molecule has 0 fully saturated rings. The highest BCUT2D eigenvalue weighted by molar-refractivity contribution is 6.48. The molecule has 2 aromatic rings. The van der Waals surface area contributed by atoms with Gasteiger partial charge < -0.3 is 5.11 Å². The van der Waals surface area contributed by atoms with Crippen molar-refractivity contribution in [1.82, 2.24) is 0 Å². The van der Waals surface area contributed by atoms with E-state index in [1.807, 2.05) is 0 Å². The zero-order valence-electron chi connectivity index (χ0n) is 10.7. The summed E-state index contributed by atoms with van der Waals surface area (Å²) in [5.41, 5.74) is 0.471. The van der Waals surface area contributed by atoms with Crippen LogP contribution in [0.3, 0.4) is 0 Å². The fourth-order valence-corrected chi connectivity index (χ4v) is 2.46. The first-order valence-corrected chi connectivity index (χ1v) is 7.74. The van der Waals surface area contributed by atoms with Gasteiger partial charge in [-0.05, 0) is 36.4 Å². The van der Waals surface area contributed by atoms with Crippen molar-refractivity contribution < 1.29 is 9.90 Å². The average molecular weight is 396 g/mol. The van der Waals surface area contributed by atoms with Gasteiger partial charge in [-0.1, -0.05) is 58.0 Å². The second kappa shape index (κ2) is 7.12. The zero-order chi connectivity index (χ0) is 16.4. The molecule has 0 aliphatic heterocycles.